The Morgan fingerprint density at radius 1 is 1.33 bits per heavy atom. The molecule has 0 radical (unpaired) electrons. The Bertz CT molecular complexity index is 198. The summed E-state index contributed by atoms with van der Waals surface area (Å²) in [6.07, 6.45) is 3.47. The van der Waals surface area contributed by atoms with Crippen molar-refractivity contribution in [1.29, 1.82) is 0 Å². The average molecular weight is 170 g/mol. The predicted molar refractivity (Wildman–Crippen MR) is 46.7 cm³/mol. The van der Waals surface area contributed by atoms with E-state index in [-0.39, 0.29) is 5.60 Å². The van der Waals surface area contributed by atoms with E-state index >= 15 is 0 Å². The molecule has 0 aliphatic heterocycles. The van der Waals surface area contributed by atoms with Crippen molar-refractivity contribution in [2.75, 3.05) is 0 Å². The summed E-state index contributed by atoms with van der Waals surface area (Å²) in [5, 5.41) is 8.88. The third-order valence-electron chi connectivity index (χ3n) is 4.41. The second-order valence-electron chi connectivity index (χ2n) is 5.25. The first-order valence-corrected chi connectivity index (χ1v) is 4.83. The lowest BCUT2D eigenvalue weighted by atomic mass is 9.44. The molecule has 3 aliphatic carbocycles. The topological polar surface area (TPSA) is 29.5 Å². The standard InChI is InChI=1S/C10H18O2/c1-9(2)7-4-5-10(3,12-11)8(9)6-7/h7-8,11H,4-6H2,1-3H3/t7-,8-,10+/m0/s1. The Balaban J connectivity index is 2.21. The maximum atomic E-state index is 8.88. The van der Waals surface area contributed by atoms with Gasteiger partial charge in [-0.25, -0.2) is 4.89 Å². The van der Waals surface area contributed by atoms with Crippen LogP contribution in [0.3, 0.4) is 0 Å². The van der Waals surface area contributed by atoms with Gasteiger partial charge in [0, 0.05) is 0 Å². The first-order chi connectivity index (χ1) is 5.50. The molecule has 3 rings (SSSR count). The van der Waals surface area contributed by atoms with E-state index in [1.807, 2.05) is 6.92 Å². The van der Waals surface area contributed by atoms with Crippen molar-refractivity contribution >= 4 is 0 Å². The summed E-state index contributed by atoms with van der Waals surface area (Å²) in [5.74, 6) is 1.42. The summed E-state index contributed by atoms with van der Waals surface area (Å²) in [4.78, 5) is 4.66. The van der Waals surface area contributed by atoms with Crippen LogP contribution >= 0.6 is 0 Å². The minimum absolute atomic E-state index is 0.266. The lowest BCUT2D eigenvalue weighted by molar-refractivity contribution is -0.371. The summed E-state index contributed by atoms with van der Waals surface area (Å²) >= 11 is 0. The van der Waals surface area contributed by atoms with Crippen LogP contribution in [-0.4, -0.2) is 10.9 Å². The maximum Gasteiger partial charge on any atom is 0.104 e. The lowest BCUT2D eigenvalue weighted by Gasteiger charge is -2.62. The van der Waals surface area contributed by atoms with Crippen molar-refractivity contribution in [3.8, 4) is 0 Å². The highest BCUT2D eigenvalue weighted by Crippen LogP contribution is 2.63. The van der Waals surface area contributed by atoms with Gasteiger partial charge in [0.05, 0.1) is 0 Å². The van der Waals surface area contributed by atoms with E-state index in [2.05, 4.69) is 18.7 Å². The van der Waals surface area contributed by atoms with Crippen molar-refractivity contribution in [2.45, 2.75) is 45.6 Å². The van der Waals surface area contributed by atoms with Gasteiger partial charge in [0.15, 0.2) is 0 Å². The van der Waals surface area contributed by atoms with Gasteiger partial charge in [-0.2, -0.15) is 0 Å². The minimum Gasteiger partial charge on any atom is -0.251 e. The molecule has 0 saturated heterocycles. The Morgan fingerprint density at radius 2 is 2.00 bits per heavy atom. The third-order valence-corrected chi connectivity index (χ3v) is 4.41. The highest BCUT2D eigenvalue weighted by atomic mass is 17.1. The van der Waals surface area contributed by atoms with Crippen LogP contribution in [0.5, 0.6) is 0 Å². The van der Waals surface area contributed by atoms with Crippen LogP contribution in [0.4, 0.5) is 0 Å². The monoisotopic (exact) mass is 170 g/mol. The largest absolute Gasteiger partial charge is 0.251 e. The van der Waals surface area contributed by atoms with Gasteiger partial charge in [-0.15, -0.1) is 0 Å². The molecule has 2 heteroatoms. The molecule has 0 aromatic carbocycles. The van der Waals surface area contributed by atoms with Gasteiger partial charge >= 0.3 is 0 Å². The molecule has 0 heterocycles. The molecule has 1 N–H and O–H groups in total. The van der Waals surface area contributed by atoms with E-state index in [0.29, 0.717) is 11.3 Å². The van der Waals surface area contributed by atoms with Crippen LogP contribution in [0.25, 0.3) is 0 Å². The Morgan fingerprint density at radius 3 is 2.33 bits per heavy atom. The first-order valence-electron chi connectivity index (χ1n) is 4.83. The number of hydrogen-bond acceptors (Lipinski definition) is 2. The fraction of sp³-hybridized carbons (Fsp3) is 1.00. The molecule has 3 aliphatic rings. The highest BCUT2D eigenvalue weighted by molar-refractivity contribution is 5.09. The normalized spacial score (nSPS) is 50.0. The summed E-state index contributed by atoms with van der Waals surface area (Å²) in [6.45, 7) is 6.62. The fourth-order valence-electron chi connectivity index (χ4n) is 3.29. The Labute approximate surface area is 73.8 Å². The van der Waals surface area contributed by atoms with Gasteiger partial charge in [0.25, 0.3) is 0 Å². The molecule has 70 valence electrons. The molecular formula is C10H18O2. The number of hydrogen-bond donors (Lipinski definition) is 1. The molecule has 0 aromatic rings. The molecule has 3 atom stereocenters. The van der Waals surface area contributed by atoms with E-state index in [4.69, 9.17) is 5.26 Å². The molecule has 0 unspecified atom stereocenters. The Hall–Kier alpha value is -0.0800. The van der Waals surface area contributed by atoms with E-state index < -0.39 is 0 Å². The van der Waals surface area contributed by atoms with Crippen LogP contribution in [0.2, 0.25) is 0 Å². The number of rotatable bonds is 1. The molecular weight excluding hydrogens is 152 g/mol. The molecule has 0 aromatic heterocycles. The van der Waals surface area contributed by atoms with Crippen LogP contribution in [0.15, 0.2) is 0 Å². The predicted octanol–water partition coefficient (Wildman–Crippen LogP) is 2.69. The lowest BCUT2D eigenvalue weighted by Crippen LogP contribution is -2.60. The van der Waals surface area contributed by atoms with Gasteiger partial charge in [0.2, 0.25) is 0 Å². The molecule has 12 heavy (non-hydrogen) atoms. The molecule has 0 spiro atoms. The zero-order chi connectivity index (χ0) is 8.98. The van der Waals surface area contributed by atoms with Gasteiger partial charge in [-0.3, -0.25) is 5.26 Å². The van der Waals surface area contributed by atoms with Gasteiger partial charge in [0.1, 0.15) is 5.60 Å². The van der Waals surface area contributed by atoms with Crippen molar-refractivity contribution < 1.29 is 10.1 Å². The molecule has 0 amide bonds. The minimum atomic E-state index is -0.266. The van der Waals surface area contributed by atoms with Crippen LogP contribution < -0.4 is 0 Å². The van der Waals surface area contributed by atoms with E-state index in [9.17, 15) is 0 Å². The van der Waals surface area contributed by atoms with Crippen LogP contribution in [-0.2, 0) is 4.89 Å². The van der Waals surface area contributed by atoms with E-state index in [1.165, 1.54) is 12.8 Å². The zero-order valence-corrected chi connectivity index (χ0v) is 8.13. The van der Waals surface area contributed by atoms with Gasteiger partial charge in [-0.05, 0) is 43.4 Å². The third kappa shape index (κ3) is 0.826. The van der Waals surface area contributed by atoms with Crippen molar-refractivity contribution in [3.63, 3.8) is 0 Å². The summed E-state index contributed by atoms with van der Waals surface area (Å²) in [6, 6.07) is 0. The highest BCUT2D eigenvalue weighted by Gasteiger charge is 2.60. The number of fused-ring (bicyclic) bond motifs is 2. The quantitative estimate of drug-likeness (QED) is 0.484. The zero-order valence-electron chi connectivity index (χ0n) is 8.13. The summed E-state index contributed by atoms with van der Waals surface area (Å²) in [7, 11) is 0. The fourth-order valence-corrected chi connectivity index (χ4v) is 3.29. The van der Waals surface area contributed by atoms with Gasteiger partial charge in [-0.1, -0.05) is 13.8 Å². The first kappa shape index (κ1) is 8.52. The smallest absolute Gasteiger partial charge is 0.104 e. The summed E-state index contributed by atoms with van der Waals surface area (Å²) < 4.78 is 0. The maximum absolute atomic E-state index is 8.88. The van der Waals surface area contributed by atoms with Crippen molar-refractivity contribution in [1.82, 2.24) is 0 Å². The van der Waals surface area contributed by atoms with Gasteiger partial charge < -0.3 is 0 Å². The second-order valence-corrected chi connectivity index (χ2v) is 5.25. The Kier molecular flexibility index (Phi) is 1.59. The van der Waals surface area contributed by atoms with E-state index in [0.717, 1.165) is 12.3 Å². The van der Waals surface area contributed by atoms with Crippen LogP contribution in [0, 0.1) is 17.3 Å². The molecule has 2 bridgehead atoms. The SMILES string of the molecule is CC1(C)[C@H]2CC[C@@](C)(OO)[C@H]1C2. The second kappa shape index (κ2) is 2.24. The summed E-state index contributed by atoms with van der Waals surface area (Å²) in [5.41, 5.74) is 0.119. The molecule has 3 fully saturated rings. The average Bonchev–Trinajstić information content (AvgIpc) is 2.04. The van der Waals surface area contributed by atoms with E-state index in [1.54, 1.807) is 0 Å². The van der Waals surface area contributed by atoms with Crippen molar-refractivity contribution in [3.05, 3.63) is 0 Å². The molecule has 2 nitrogen and oxygen atoms in total. The molecule has 3 saturated carbocycles. The van der Waals surface area contributed by atoms with Crippen molar-refractivity contribution in [2.24, 2.45) is 17.3 Å². The van der Waals surface area contributed by atoms with Crippen LogP contribution in [0.1, 0.15) is 40.0 Å².